The predicted octanol–water partition coefficient (Wildman–Crippen LogP) is 1.73. The van der Waals surface area contributed by atoms with Gasteiger partial charge in [-0.2, -0.15) is 0 Å². The predicted molar refractivity (Wildman–Crippen MR) is 46.2 cm³/mol. The molecule has 1 heterocycles. The summed E-state index contributed by atoms with van der Waals surface area (Å²) in [5.74, 6) is 0. The quantitative estimate of drug-likeness (QED) is 0.587. The van der Waals surface area contributed by atoms with E-state index in [0.717, 1.165) is 13.0 Å². The largest absolute Gasteiger partial charge is 0.305 e. The summed E-state index contributed by atoms with van der Waals surface area (Å²) in [6.07, 6.45) is 1.16. The van der Waals surface area contributed by atoms with Gasteiger partial charge in [-0.3, -0.25) is 0 Å². The minimum Gasteiger partial charge on any atom is -0.305 e. The van der Waals surface area contributed by atoms with Crippen LogP contribution in [0, 0.1) is 6.04 Å². The van der Waals surface area contributed by atoms with Crippen LogP contribution < -0.4 is 5.32 Å². The molecule has 2 rings (SSSR count). The van der Waals surface area contributed by atoms with Gasteiger partial charge in [0.15, 0.2) is 0 Å². The van der Waals surface area contributed by atoms with Crippen molar-refractivity contribution in [2.45, 2.75) is 13.3 Å². The van der Waals surface area contributed by atoms with E-state index in [9.17, 15) is 0 Å². The van der Waals surface area contributed by atoms with Gasteiger partial charge >= 0.3 is 0 Å². The van der Waals surface area contributed by atoms with Gasteiger partial charge in [0.1, 0.15) is 0 Å². The molecule has 1 nitrogen and oxygen atoms in total. The molecule has 1 aromatic rings. The molecule has 0 aliphatic carbocycles. The number of hydrogen-bond donors (Lipinski definition) is 1. The third kappa shape index (κ3) is 1.16. The first kappa shape index (κ1) is 6.86. The molecule has 0 unspecified atom stereocenters. The van der Waals surface area contributed by atoms with Crippen molar-refractivity contribution in [1.82, 2.24) is 5.32 Å². The molecular weight excluding hydrogens is 134 g/mol. The SMILES string of the molecule is C[C]1NCCc2ccccc21. The van der Waals surface area contributed by atoms with Crippen LogP contribution >= 0.6 is 0 Å². The summed E-state index contributed by atoms with van der Waals surface area (Å²) < 4.78 is 0. The normalized spacial score (nSPS) is 17.9. The van der Waals surface area contributed by atoms with Gasteiger partial charge in [0.2, 0.25) is 0 Å². The van der Waals surface area contributed by atoms with Crippen LogP contribution in [0.4, 0.5) is 0 Å². The van der Waals surface area contributed by atoms with Crippen molar-refractivity contribution in [2.24, 2.45) is 0 Å². The fraction of sp³-hybridized carbons (Fsp3) is 0.300. The van der Waals surface area contributed by atoms with Crippen molar-refractivity contribution in [3.63, 3.8) is 0 Å². The zero-order valence-electron chi connectivity index (χ0n) is 6.72. The second kappa shape index (κ2) is 2.67. The average molecular weight is 146 g/mol. The molecular formula is C10H12N. The monoisotopic (exact) mass is 146 g/mol. The lowest BCUT2D eigenvalue weighted by Crippen LogP contribution is -2.28. The van der Waals surface area contributed by atoms with Crippen LogP contribution in [0.3, 0.4) is 0 Å². The topological polar surface area (TPSA) is 12.0 Å². The average Bonchev–Trinajstić information content (AvgIpc) is 2.06. The molecule has 0 saturated heterocycles. The minimum atomic E-state index is 1.09. The molecule has 0 aromatic heterocycles. The van der Waals surface area contributed by atoms with Crippen LogP contribution in [0.25, 0.3) is 0 Å². The summed E-state index contributed by atoms with van der Waals surface area (Å²) in [5.41, 5.74) is 2.86. The summed E-state index contributed by atoms with van der Waals surface area (Å²) in [5, 5.41) is 3.35. The zero-order valence-corrected chi connectivity index (χ0v) is 6.72. The second-order valence-electron chi connectivity index (χ2n) is 2.96. The highest BCUT2D eigenvalue weighted by molar-refractivity contribution is 5.39. The molecule has 0 bridgehead atoms. The van der Waals surface area contributed by atoms with E-state index in [2.05, 4.69) is 36.5 Å². The van der Waals surface area contributed by atoms with Crippen LogP contribution in [0.1, 0.15) is 18.1 Å². The Labute approximate surface area is 67.4 Å². The Balaban J connectivity index is 2.44. The van der Waals surface area contributed by atoms with Crippen LogP contribution in [0.5, 0.6) is 0 Å². The zero-order chi connectivity index (χ0) is 7.68. The number of nitrogens with one attached hydrogen (secondary N) is 1. The molecule has 1 radical (unpaired) electrons. The van der Waals surface area contributed by atoms with E-state index in [1.54, 1.807) is 0 Å². The standard InChI is InChI=1S/C10H12N/c1-8-10-5-3-2-4-9(10)6-7-11-8/h2-5,11H,6-7H2,1H3. The number of benzene rings is 1. The van der Waals surface area contributed by atoms with Gasteiger partial charge in [0.05, 0.1) is 6.04 Å². The smallest absolute Gasteiger partial charge is 0.0633 e. The first-order valence-corrected chi connectivity index (χ1v) is 4.03. The van der Waals surface area contributed by atoms with E-state index in [1.807, 2.05) is 0 Å². The fourth-order valence-corrected chi connectivity index (χ4v) is 1.58. The van der Waals surface area contributed by atoms with Gasteiger partial charge in [-0.1, -0.05) is 24.3 Å². The first-order valence-electron chi connectivity index (χ1n) is 4.03. The highest BCUT2D eigenvalue weighted by atomic mass is 14.9. The maximum atomic E-state index is 3.35. The Morgan fingerprint density at radius 3 is 2.91 bits per heavy atom. The van der Waals surface area contributed by atoms with Crippen molar-refractivity contribution in [1.29, 1.82) is 0 Å². The maximum Gasteiger partial charge on any atom is 0.0633 e. The van der Waals surface area contributed by atoms with Crippen molar-refractivity contribution in [3.05, 3.63) is 41.4 Å². The lowest BCUT2D eigenvalue weighted by atomic mass is 9.96. The van der Waals surface area contributed by atoms with Crippen LogP contribution in [0.15, 0.2) is 24.3 Å². The Kier molecular flexibility index (Phi) is 1.66. The van der Waals surface area contributed by atoms with Crippen LogP contribution in [0.2, 0.25) is 0 Å². The lowest BCUT2D eigenvalue weighted by molar-refractivity contribution is 0.682. The highest BCUT2D eigenvalue weighted by Gasteiger charge is 2.14. The van der Waals surface area contributed by atoms with Crippen molar-refractivity contribution < 1.29 is 0 Å². The number of rotatable bonds is 0. The summed E-state index contributed by atoms with van der Waals surface area (Å²) >= 11 is 0. The molecule has 0 saturated carbocycles. The Morgan fingerprint density at radius 1 is 1.27 bits per heavy atom. The summed E-state index contributed by atoms with van der Waals surface area (Å²) in [6, 6.07) is 9.90. The minimum absolute atomic E-state index is 1.09. The molecule has 0 atom stereocenters. The van der Waals surface area contributed by atoms with Crippen LogP contribution in [-0.4, -0.2) is 6.54 Å². The van der Waals surface area contributed by atoms with E-state index in [0.29, 0.717) is 0 Å². The molecule has 57 valence electrons. The van der Waals surface area contributed by atoms with E-state index in [-0.39, 0.29) is 0 Å². The molecule has 0 fully saturated rings. The summed E-state index contributed by atoms with van der Waals surface area (Å²) in [7, 11) is 0. The Hall–Kier alpha value is -0.820. The molecule has 0 spiro atoms. The lowest BCUT2D eigenvalue weighted by Gasteiger charge is -2.22. The molecule has 11 heavy (non-hydrogen) atoms. The van der Waals surface area contributed by atoms with E-state index in [1.165, 1.54) is 17.2 Å². The van der Waals surface area contributed by atoms with Gasteiger partial charge in [0.25, 0.3) is 0 Å². The molecule has 1 N–H and O–H groups in total. The van der Waals surface area contributed by atoms with E-state index in [4.69, 9.17) is 0 Å². The fourth-order valence-electron chi connectivity index (χ4n) is 1.58. The van der Waals surface area contributed by atoms with Gasteiger partial charge in [-0.15, -0.1) is 0 Å². The first-order chi connectivity index (χ1) is 5.38. The second-order valence-corrected chi connectivity index (χ2v) is 2.96. The molecule has 1 heteroatoms. The Bertz CT molecular complexity index is 255. The highest BCUT2D eigenvalue weighted by Crippen LogP contribution is 2.20. The third-order valence-corrected chi connectivity index (χ3v) is 2.21. The Morgan fingerprint density at radius 2 is 2.09 bits per heavy atom. The van der Waals surface area contributed by atoms with E-state index >= 15 is 0 Å². The van der Waals surface area contributed by atoms with Gasteiger partial charge in [-0.25, -0.2) is 0 Å². The van der Waals surface area contributed by atoms with Crippen molar-refractivity contribution in [3.8, 4) is 0 Å². The van der Waals surface area contributed by atoms with Crippen molar-refractivity contribution in [2.75, 3.05) is 6.54 Å². The number of hydrogen-bond acceptors (Lipinski definition) is 1. The third-order valence-electron chi connectivity index (χ3n) is 2.21. The molecule has 1 aliphatic heterocycles. The molecule has 1 aromatic carbocycles. The van der Waals surface area contributed by atoms with Gasteiger partial charge in [-0.05, 0) is 24.5 Å². The van der Waals surface area contributed by atoms with E-state index < -0.39 is 0 Å². The molecule has 0 amide bonds. The molecule has 1 aliphatic rings. The summed E-state index contributed by atoms with van der Waals surface area (Å²) in [4.78, 5) is 0. The van der Waals surface area contributed by atoms with Crippen molar-refractivity contribution >= 4 is 0 Å². The van der Waals surface area contributed by atoms with Gasteiger partial charge in [0, 0.05) is 6.54 Å². The van der Waals surface area contributed by atoms with Gasteiger partial charge < -0.3 is 5.32 Å². The maximum absolute atomic E-state index is 3.35. The number of fused-ring (bicyclic) bond motifs is 1. The van der Waals surface area contributed by atoms with Crippen LogP contribution in [-0.2, 0) is 6.42 Å². The summed E-state index contributed by atoms with van der Waals surface area (Å²) in [6.45, 7) is 3.22.